The standard InChI is InChI=1S/C12H11ClO3/c1-16-12(15)4-2-3-9-5-6-11(13)10(7-9)8-14/h5-7,14H,4,8H2,1H3. The predicted octanol–water partition coefficient (Wildman–Crippen LogP) is 1.75. The zero-order valence-corrected chi connectivity index (χ0v) is 9.54. The van der Waals surface area contributed by atoms with Crippen molar-refractivity contribution in [2.75, 3.05) is 7.11 Å². The van der Waals surface area contributed by atoms with Gasteiger partial charge >= 0.3 is 5.97 Å². The van der Waals surface area contributed by atoms with Crippen molar-refractivity contribution in [1.29, 1.82) is 0 Å². The van der Waals surface area contributed by atoms with Gasteiger partial charge in [-0.05, 0) is 23.8 Å². The molecule has 1 aromatic rings. The van der Waals surface area contributed by atoms with Crippen LogP contribution >= 0.6 is 11.6 Å². The number of carbonyl (C=O) groups excluding carboxylic acids is 1. The van der Waals surface area contributed by atoms with E-state index in [-0.39, 0.29) is 19.0 Å². The van der Waals surface area contributed by atoms with Crippen LogP contribution in [-0.4, -0.2) is 18.2 Å². The first-order valence-electron chi connectivity index (χ1n) is 4.62. The summed E-state index contributed by atoms with van der Waals surface area (Å²) in [5.74, 6) is 5.09. The van der Waals surface area contributed by atoms with Crippen LogP contribution < -0.4 is 0 Å². The Balaban J connectivity index is 2.78. The van der Waals surface area contributed by atoms with Crippen LogP contribution in [0.1, 0.15) is 17.5 Å². The van der Waals surface area contributed by atoms with Gasteiger partial charge in [0, 0.05) is 10.6 Å². The third-order valence-electron chi connectivity index (χ3n) is 1.91. The molecule has 84 valence electrons. The molecule has 1 aromatic carbocycles. The summed E-state index contributed by atoms with van der Waals surface area (Å²) in [5, 5.41) is 9.49. The van der Waals surface area contributed by atoms with E-state index < -0.39 is 0 Å². The van der Waals surface area contributed by atoms with Gasteiger partial charge in [-0.25, -0.2) is 0 Å². The highest BCUT2D eigenvalue weighted by atomic mass is 35.5. The normalized spacial score (nSPS) is 9.19. The quantitative estimate of drug-likeness (QED) is 0.631. The molecule has 0 radical (unpaired) electrons. The fraction of sp³-hybridized carbons (Fsp3) is 0.250. The summed E-state index contributed by atoms with van der Waals surface area (Å²) >= 11 is 5.82. The second-order valence-corrected chi connectivity index (χ2v) is 3.43. The molecular formula is C12H11ClO3. The van der Waals surface area contributed by atoms with Gasteiger partial charge < -0.3 is 9.84 Å². The molecule has 0 bridgehead atoms. The van der Waals surface area contributed by atoms with Gasteiger partial charge in [-0.3, -0.25) is 4.79 Å². The maximum Gasteiger partial charge on any atom is 0.317 e. The van der Waals surface area contributed by atoms with Crippen LogP contribution in [0.25, 0.3) is 0 Å². The number of halogens is 1. The van der Waals surface area contributed by atoms with E-state index in [1.54, 1.807) is 18.2 Å². The van der Waals surface area contributed by atoms with Gasteiger partial charge in [-0.2, -0.15) is 0 Å². The summed E-state index contributed by atoms with van der Waals surface area (Å²) < 4.78 is 4.45. The number of methoxy groups -OCH3 is 1. The monoisotopic (exact) mass is 238 g/mol. The van der Waals surface area contributed by atoms with E-state index in [4.69, 9.17) is 16.7 Å². The van der Waals surface area contributed by atoms with Crippen molar-refractivity contribution in [3.63, 3.8) is 0 Å². The van der Waals surface area contributed by atoms with Gasteiger partial charge in [0.1, 0.15) is 6.42 Å². The van der Waals surface area contributed by atoms with Crippen LogP contribution in [0.15, 0.2) is 18.2 Å². The lowest BCUT2D eigenvalue weighted by molar-refractivity contribution is -0.139. The van der Waals surface area contributed by atoms with Crippen molar-refractivity contribution in [1.82, 2.24) is 0 Å². The number of ether oxygens (including phenoxy) is 1. The maximum absolute atomic E-state index is 10.8. The zero-order valence-electron chi connectivity index (χ0n) is 8.79. The molecule has 0 fully saturated rings. The maximum atomic E-state index is 10.8. The molecule has 1 rings (SSSR count). The number of aliphatic hydroxyl groups is 1. The topological polar surface area (TPSA) is 46.5 Å². The number of carbonyl (C=O) groups is 1. The number of aliphatic hydroxyl groups excluding tert-OH is 1. The fourth-order valence-electron chi connectivity index (χ4n) is 1.06. The summed E-state index contributed by atoms with van der Waals surface area (Å²) in [4.78, 5) is 10.8. The number of benzene rings is 1. The van der Waals surface area contributed by atoms with Crippen molar-refractivity contribution in [3.8, 4) is 11.8 Å². The van der Waals surface area contributed by atoms with Crippen molar-refractivity contribution in [2.24, 2.45) is 0 Å². The number of hydrogen-bond acceptors (Lipinski definition) is 3. The van der Waals surface area contributed by atoms with Crippen molar-refractivity contribution in [2.45, 2.75) is 13.0 Å². The Morgan fingerprint density at radius 3 is 2.94 bits per heavy atom. The first kappa shape index (κ1) is 12.6. The Hall–Kier alpha value is -1.50. The largest absolute Gasteiger partial charge is 0.468 e. The molecule has 0 spiro atoms. The second kappa shape index (κ2) is 6.16. The summed E-state index contributed by atoms with van der Waals surface area (Å²) in [6.45, 7) is -0.134. The third kappa shape index (κ3) is 3.58. The minimum Gasteiger partial charge on any atom is -0.468 e. The van der Waals surface area contributed by atoms with Crippen LogP contribution in [0, 0.1) is 11.8 Å². The van der Waals surface area contributed by atoms with Gasteiger partial charge in [-0.15, -0.1) is 0 Å². The lowest BCUT2D eigenvalue weighted by atomic mass is 10.1. The molecule has 0 atom stereocenters. The molecule has 0 saturated carbocycles. The Morgan fingerprint density at radius 1 is 1.56 bits per heavy atom. The molecule has 0 unspecified atom stereocenters. The van der Waals surface area contributed by atoms with E-state index in [0.717, 1.165) is 0 Å². The summed E-state index contributed by atoms with van der Waals surface area (Å²) in [7, 11) is 1.32. The van der Waals surface area contributed by atoms with Crippen LogP contribution in [0.5, 0.6) is 0 Å². The molecule has 0 aliphatic rings. The van der Waals surface area contributed by atoms with Crippen molar-refractivity contribution in [3.05, 3.63) is 34.3 Å². The zero-order chi connectivity index (χ0) is 12.0. The van der Waals surface area contributed by atoms with E-state index in [1.165, 1.54) is 7.11 Å². The number of hydrogen-bond donors (Lipinski definition) is 1. The van der Waals surface area contributed by atoms with Crippen LogP contribution in [0.4, 0.5) is 0 Å². The van der Waals surface area contributed by atoms with Crippen LogP contribution in [-0.2, 0) is 16.1 Å². The van der Waals surface area contributed by atoms with Gasteiger partial charge in [0.15, 0.2) is 0 Å². The molecule has 0 aliphatic heterocycles. The molecule has 0 amide bonds. The minimum absolute atomic E-state index is 0.0492. The Morgan fingerprint density at radius 2 is 2.31 bits per heavy atom. The fourth-order valence-corrected chi connectivity index (χ4v) is 1.24. The van der Waals surface area contributed by atoms with Crippen molar-refractivity contribution >= 4 is 17.6 Å². The van der Waals surface area contributed by atoms with Crippen LogP contribution in [0.2, 0.25) is 5.02 Å². The van der Waals surface area contributed by atoms with Crippen LogP contribution in [0.3, 0.4) is 0 Å². The SMILES string of the molecule is COC(=O)CC#Cc1ccc(Cl)c(CO)c1. The van der Waals surface area contributed by atoms with Gasteiger partial charge in [0.2, 0.25) is 0 Å². The lowest BCUT2D eigenvalue weighted by Crippen LogP contribution is -1.97. The molecule has 4 heteroatoms. The molecule has 1 N–H and O–H groups in total. The highest BCUT2D eigenvalue weighted by Gasteiger charge is 1.99. The third-order valence-corrected chi connectivity index (χ3v) is 2.28. The van der Waals surface area contributed by atoms with E-state index in [9.17, 15) is 4.79 Å². The molecule has 0 saturated heterocycles. The van der Waals surface area contributed by atoms with E-state index in [1.807, 2.05) is 0 Å². The average molecular weight is 239 g/mol. The highest BCUT2D eigenvalue weighted by Crippen LogP contribution is 2.16. The first-order valence-corrected chi connectivity index (χ1v) is 5.00. The molecule has 0 heterocycles. The van der Waals surface area contributed by atoms with Crippen molar-refractivity contribution < 1.29 is 14.6 Å². The molecule has 0 aromatic heterocycles. The predicted molar refractivity (Wildman–Crippen MR) is 60.9 cm³/mol. The molecule has 3 nitrogen and oxygen atoms in total. The summed E-state index contributed by atoms with van der Waals surface area (Å²) in [5.41, 5.74) is 1.32. The van der Waals surface area contributed by atoms with Gasteiger partial charge in [0.05, 0.1) is 13.7 Å². The highest BCUT2D eigenvalue weighted by molar-refractivity contribution is 6.31. The second-order valence-electron chi connectivity index (χ2n) is 3.02. The number of esters is 1. The lowest BCUT2D eigenvalue weighted by Gasteiger charge is -1.99. The Labute approximate surface area is 99.0 Å². The molecule has 16 heavy (non-hydrogen) atoms. The average Bonchev–Trinajstić information content (AvgIpc) is 2.31. The Kier molecular flexibility index (Phi) is 4.84. The summed E-state index contributed by atoms with van der Waals surface area (Å²) in [6, 6.07) is 5.08. The Bertz CT molecular complexity index is 443. The molecule has 0 aliphatic carbocycles. The first-order chi connectivity index (χ1) is 7.67. The van der Waals surface area contributed by atoms with Gasteiger partial charge in [-0.1, -0.05) is 23.4 Å². The minimum atomic E-state index is -0.371. The van der Waals surface area contributed by atoms with E-state index in [2.05, 4.69) is 16.6 Å². The number of rotatable bonds is 2. The van der Waals surface area contributed by atoms with Gasteiger partial charge in [0.25, 0.3) is 0 Å². The summed E-state index contributed by atoms with van der Waals surface area (Å²) in [6.07, 6.45) is 0.0492. The van der Waals surface area contributed by atoms with E-state index in [0.29, 0.717) is 16.1 Å². The smallest absolute Gasteiger partial charge is 0.317 e. The van der Waals surface area contributed by atoms with E-state index >= 15 is 0 Å². The molecular weight excluding hydrogens is 228 g/mol.